The molecule has 5 nitrogen and oxygen atoms in total. The zero-order valence-electron chi connectivity index (χ0n) is 14.8. The first-order chi connectivity index (χ1) is 13.0. The first-order valence-corrected chi connectivity index (χ1v) is 9.26. The van der Waals surface area contributed by atoms with Crippen LogP contribution in [0.15, 0.2) is 48.5 Å². The smallest absolute Gasteiger partial charge is 0.227 e. The van der Waals surface area contributed by atoms with E-state index in [4.69, 9.17) is 16.9 Å². The highest BCUT2D eigenvalue weighted by molar-refractivity contribution is 6.30. The number of hydrogen-bond donors (Lipinski definition) is 1. The third kappa shape index (κ3) is 5.08. The van der Waals surface area contributed by atoms with Crippen molar-refractivity contribution in [3.63, 3.8) is 0 Å². The third-order valence-electron chi connectivity index (χ3n) is 4.75. The van der Waals surface area contributed by atoms with Gasteiger partial charge in [0.05, 0.1) is 18.1 Å². The molecule has 1 aliphatic heterocycles. The predicted molar refractivity (Wildman–Crippen MR) is 104 cm³/mol. The highest BCUT2D eigenvalue weighted by Gasteiger charge is 2.27. The van der Waals surface area contributed by atoms with E-state index < -0.39 is 0 Å². The molecule has 2 aromatic rings. The fourth-order valence-electron chi connectivity index (χ4n) is 3.19. The number of rotatable bonds is 4. The Morgan fingerprint density at radius 2 is 1.85 bits per heavy atom. The summed E-state index contributed by atoms with van der Waals surface area (Å²) in [5.74, 6) is -0.122. The second-order valence-corrected chi connectivity index (χ2v) is 7.08. The van der Waals surface area contributed by atoms with Crippen LogP contribution in [0.25, 0.3) is 0 Å². The molecule has 0 aliphatic carbocycles. The summed E-state index contributed by atoms with van der Waals surface area (Å²) in [6.45, 7) is 1.14. The summed E-state index contributed by atoms with van der Waals surface area (Å²) in [7, 11) is 0. The Labute approximate surface area is 163 Å². The molecule has 0 spiro atoms. The van der Waals surface area contributed by atoms with Gasteiger partial charge in [0, 0.05) is 29.7 Å². The van der Waals surface area contributed by atoms with Gasteiger partial charge in [-0.05, 0) is 48.7 Å². The summed E-state index contributed by atoms with van der Waals surface area (Å²) >= 11 is 5.87. The minimum atomic E-state index is -0.129. The zero-order chi connectivity index (χ0) is 19.2. The van der Waals surface area contributed by atoms with E-state index in [9.17, 15) is 9.59 Å². The Balaban J connectivity index is 1.50. The van der Waals surface area contributed by atoms with Crippen LogP contribution in [0, 0.1) is 17.2 Å². The Kier molecular flexibility index (Phi) is 6.10. The SMILES string of the molecule is N#Cc1cccc(NC(=O)C2CCN(C(=O)Cc3ccc(Cl)cc3)CC2)c1. The number of amides is 2. The van der Waals surface area contributed by atoms with E-state index in [0.717, 1.165) is 5.56 Å². The summed E-state index contributed by atoms with van der Waals surface area (Å²) in [5, 5.41) is 12.5. The van der Waals surface area contributed by atoms with Crippen molar-refractivity contribution in [3.05, 3.63) is 64.7 Å². The van der Waals surface area contributed by atoms with Crippen molar-refractivity contribution in [2.75, 3.05) is 18.4 Å². The fraction of sp³-hybridized carbons (Fsp3) is 0.286. The molecule has 0 bridgehead atoms. The average molecular weight is 382 g/mol. The second-order valence-electron chi connectivity index (χ2n) is 6.64. The van der Waals surface area contributed by atoms with Crippen molar-refractivity contribution < 1.29 is 9.59 Å². The monoisotopic (exact) mass is 381 g/mol. The number of anilines is 1. The quantitative estimate of drug-likeness (QED) is 0.878. The molecule has 1 saturated heterocycles. The Morgan fingerprint density at radius 3 is 2.52 bits per heavy atom. The molecular weight excluding hydrogens is 362 g/mol. The molecule has 138 valence electrons. The van der Waals surface area contributed by atoms with Crippen LogP contribution >= 0.6 is 11.6 Å². The lowest BCUT2D eigenvalue weighted by atomic mass is 9.95. The lowest BCUT2D eigenvalue weighted by Gasteiger charge is -2.31. The van der Waals surface area contributed by atoms with E-state index in [2.05, 4.69) is 11.4 Å². The number of carbonyl (C=O) groups excluding carboxylic acids is 2. The normalized spacial score (nSPS) is 14.4. The molecule has 1 aliphatic rings. The molecule has 0 saturated carbocycles. The zero-order valence-corrected chi connectivity index (χ0v) is 15.6. The van der Waals surface area contributed by atoms with Crippen molar-refractivity contribution in [2.45, 2.75) is 19.3 Å². The molecule has 27 heavy (non-hydrogen) atoms. The van der Waals surface area contributed by atoms with Crippen molar-refractivity contribution >= 4 is 29.1 Å². The van der Waals surface area contributed by atoms with Gasteiger partial charge in [-0.1, -0.05) is 29.8 Å². The lowest BCUT2D eigenvalue weighted by molar-refractivity contribution is -0.133. The summed E-state index contributed by atoms with van der Waals surface area (Å²) in [4.78, 5) is 26.7. The van der Waals surface area contributed by atoms with Gasteiger partial charge in [0.1, 0.15) is 0 Å². The Bertz CT molecular complexity index is 866. The van der Waals surface area contributed by atoms with Crippen LogP contribution in [0.4, 0.5) is 5.69 Å². The molecule has 6 heteroatoms. The van der Waals surface area contributed by atoms with Crippen LogP contribution in [-0.2, 0) is 16.0 Å². The average Bonchev–Trinajstić information content (AvgIpc) is 2.70. The standard InChI is InChI=1S/C21H20ClN3O2/c22-18-6-4-15(5-7-18)13-20(26)25-10-8-17(9-11-25)21(27)24-19-3-1-2-16(12-19)14-23/h1-7,12,17H,8-11,13H2,(H,24,27). The maximum Gasteiger partial charge on any atom is 0.227 e. The third-order valence-corrected chi connectivity index (χ3v) is 5.00. The Morgan fingerprint density at radius 1 is 1.15 bits per heavy atom. The lowest BCUT2D eigenvalue weighted by Crippen LogP contribution is -2.42. The summed E-state index contributed by atoms with van der Waals surface area (Å²) < 4.78 is 0. The van der Waals surface area contributed by atoms with Crippen molar-refractivity contribution in [1.82, 2.24) is 4.90 Å². The van der Waals surface area contributed by atoms with Gasteiger partial charge in [0.15, 0.2) is 0 Å². The number of benzene rings is 2. The van der Waals surface area contributed by atoms with E-state index in [1.165, 1.54) is 0 Å². The highest BCUT2D eigenvalue weighted by Crippen LogP contribution is 2.21. The van der Waals surface area contributed by atoms with Gasteiger partial charge in [-0.15, -0.1) is 0 Å². The Hall–Kier alpha value is -2.84. The molecular formula is C21H20ClN3O2. The van der Waals surface area contributed by atoms with E-state index in [1.807, 2.05) is 17.0 Å². The fourth-order valence-corrected chi connectivity index (χ4v) is 3.32. The highest BCUT2D eigenvalue weighted by atomic mass is 35.5. The number of likely N-dealkylation sites (tertiary alicyclic amines) is 1. The van der Waals surface area contributed by atoms with Gasteiger partial charge < -0.3 is 10.2 Å². The molecule has 3 rings (SSSR count). The second kappa shape index (κ2) is 8.70. The number of halogens is 1. The topological polar surface area (TPSA) is 73.2 Å². The van der Waals surface area contributed by atoms with E-state index in [1.54, 1.807) is 36.4 Å². The molecule has 0 aromatic heterocycles. The van der Waals surface area contributed by atoms with Crippen LogP contribution in [0.1, 0.15) is 24.0 Å². The summed E-state index contributed by atoms with van der Waals surface area (Å²) in [6.07, 6.45) is 1.61. The molecule has 0 radical (unpaired) electrons. The van der Waals surface area contributed by atoms with Gasteiger partial charge in [-0.3, -0.25) is 9.59 Å². The maximum absolute atomic E-state index is 12.5. The number of piperidine rings is 1. The molecule has 1 heterocycles. The van der Waals surface area contributed by atoms with Gasteiger partial charge in [0.25, 0.3) is 0 Å². The van der Waals surface area contributed by atoms with Crippen LogP contribution in [0.2, 0.25) is 5.02 Å². The van der Waals surface area contributed by atoms with E-state index in [0.29, 0.717) is 48.6 Å². The van der Waals surface area contributed by atoms with Gasteiger partial charge in [0.2, 0.25) is 11.8 Å². The number of carbonyl (C=O) groups is 2. The number of nitrogens with zero attached hydrogens (tertiary/aromatic N) is 2. The van der Waals surface area contributed by atoms with E-state index in [-0.39, 0.29) is 17.7 Å². The first kappa shape index (κ1) is 18.9. The minimum absolute atomic E-state index is 0.0603. The minimum Gasteiger partial charge on any atom is -0.342 e. The largest absolute Gasteiger partial charge is 0.342 e. The molecule has 0 atom stereocenters. The van der Waals surface area contributed by atoms with E-state index >= 15 is 0 Å². The predicted octanol–water partition coefficient (Wildman–Crippen LogP) is 3.63. The van der Waals surface area contributed by atoms with Gasteiger partial charge in [-0.25, -0.2) is 0 Å². The number of hydrogen-bond acceptors (Lipinski definition) is 3. The summed E-state index contributed by atoms with van der Waals surface area (Å²) in [6, 6.07) is 16.2. The van der Waals surface area contributed by atoms with Gasteiger partial charge >= 0.3 is 0 Å². The van der Waals surface area contributed by atoms with Crippen molar-refractivity contribution in [3.8, 4) is 6.07 Å². The summed E-state index contributed by atoms with van der Waals surface area (Å²) in [5.41, 5.74) is 2.07. The van der Waals surface area contributed by atoms with Crippen LogP contribution in [-0.4, -0.2) is 29.8 Å². The molecule has 0 unspecified atom stereocenters. The van der Waals surface area contributed by atoms with Crippen molar-refractivity contribution in [2.24, 2.45) is 5.92 Å². The van der Waals surface area contributed by atoms with Crippen LogP contribution < -0.4 is 5.32 Å². The van der Waals surface area contributed by atoms with Crippen molar-refractivity contribution in [1.29, 1.82) is 5.26 Å². The molecule has 1 N–H and O–H groups in total. The molecule has 2 amide bonds. The number of nitrogens with one attached hydrogen (secondary N) is 1. The maximum atomic E-state index is 12.5. The first-order valence-electron chi connectivity index (χ1n) is 8.88. The molecule has 2 aromatic carbocycles. The van der Waals surface area contributed by atoms with Crippen LogP contribution in [0.3, 0.4) is 0 Å². The van der Waals surface area contributed by atoms with Crippen LogP contribution in [0.5, 0.6) is 0 Å². The van der Waals surface area contributed by atoms with Gasteiger partial charge in [-0.2, -0.15) is 5.26 Å². The molecule has 1 fully saturated rings. The number of nitriles is 1.